The molecule has 2 unspecified atom stereocenters. The van der Waals surface area contributed by atoms with E-state index in [1.165, 1.54) is 11.1 Å². The predicted molar refractivity (Wildman–Crippen MR) is 134 cm³/mol. The molecule has 1 aliphatic heterocycles. The molecule has 0 aromatic heterocycles. The number of rotatable bonds is 6. The van der Waals surface area contributed by atoms with E-state index >= 15 is 0 Å². The number of halogens is 3. The third-order valence-electron chi connectivity index (χ3n) is 6.19. The zero-order chi connectivity index (χ0) is 21.8. The molecule has 0 amide bonds. The van der Waals surface area contributed by atoms with Gasteiger partial charge in [-0.05, 0) is 60.3 Å². The molecule has 2 atom stereocenters. The first-order chi connectivity index (χ1) is 15.0. The fourth-order valence-electron chi connectivity index (χ4n) is 4.34. The monoisotopic (exact) mass is 472 g/mol. The summed E-state index contributed by atoms with van der Waals surface area (Å²) in [6.45, 7) is 6.25. The van der Waals surface area contributed by atoms with E-state index in [9.17, 15) is 0 Å². The molecule has 3 aromatic carbocycles. The van der Waals surface area contributed by atoms with Crippen LogP contribution in [0.5, 0.6) is 0 Å². The van der Waals surface area contributed by atoms with E-state index in [-0.39, 0.29) is 6.04 Å². The van der Waals surface area contributed by atoms with Crippen molar-refractivity contribution >= 4 is 40.5 Å². The number of piperazine rings is 1. The second kappa shape index (κ2) is 10.3. The molecular weight excluding hydrogens is 447 g/mol. The van der Waals surface area contributed by atoms with Gasteiger partial charge in [-0.25, -0.2) is 0 Å². The summed E-state index contributed by atoms with van der Waals surface area (Å²) >= 11 is 18.9. The van der Waals surface area contributed by atoms with E-state index in [4.69, 9.17) is 34.8 Å². The second-order valence-corrected chi connectivity index (χ2v) is 9.54. The molecule has 0 saturated carbocycles. The lowest BCUT2D eigenvalue weighted by molar-refractivity contribution is 0.217. The Balaban J connectivity index is 1.52. The molecule has 4 rings (SSSR count). The van der Waals surface area contributed by atoms with Gasteiger partial charge in [0.2, 0.25) is 0 Å². The van der Waals surface area contributed by atoms with E-state index in [2.05, 4.69) is 59.2 Å². The summed E-state index contributed by atoms with van der Waals surface area (Å²) in [6.07, 6.45) is 1.14. The number of benzene rings is 3. The minimum Gasteiger partial charge on any atom is -0.361 e. The maximum atomic E-state index is 6.59. The maximum Gasteiger partial charge on any atom is 0.0670 e. The normalized spacial score (nSPS) is 18.2. The van der Waals surface area contributed by atoms with Gasteiger partial charge in [0, 0.05) is 29.7 Å². The zero-order valence-corrected chi connectivity index (χ0v) is 19.9. The number of hydrogen-bond acceptors (Lipinski definition) is 2. The molecular formula is C26H27Cl3N2. The molecule has 2 nitrogen and oxygen atoms in total. The molecule has 0 bridgehead atoms. The topological polar surface area (TPSA) is 6.48 Å². The van der Waals surface area contributed by atoms with E-state index in [0.29, 0.717) is 16.0 Å². The van der Waals surface area contributed by atoms with Gasteiger partial charge in [-0.15, -0.1) is 0 Å². The van der Waals surface area contributed by atoms with Crippen molar-refractivity contribution in [1.29, 1.82) is 0 Å². The van der Waals surface area contributed by atoms with Gasteiger partial charge in [0.05, 0.1) is 16.8 Å². The van der Waals surface area contributed by atoms with Crippen LogP contribution in [-0.2, 0) is 0 Å². The van der Waals surface area contributed by atoms with Gasteiger partial charge in [0.15, 0.2) is 0 Å². The molecule has 1 saturated heterocycles. The van der Waals surface area contributed by atoms with Gasteiger partial charge in [0.1, 0.15) is 0 Å². The molecule has 0 aliphatic carbocycles. The van der Waals surface area contributed by atoms with Crippen molar-refractivity contribution in [2.24, 2.45) is 0 Å². The van der Waals surface area contributed by atoms with Crippen molar-refractivity contribution in [3.05, 3.63) is 99.0 Å². The minimum atomic E-state index is 0.205. The Bertz CT molecular complexity index is 991. The lowest BCUT2D eigenvalue weighted by atomic mass is 9.96. The van der Waals surface area contributed by atoms with Crippen molar-refractivity contribution < 1.29 is 0 Å². The van der Waals surface area contributed by atoms with Gasteiger partial charge >= 0.3 is 0 Å². The van der Waals surface area contributed by atoms with Crippen LogP contribution in [0.15, 0.2) is 72.8 Å². The van der Waals surface area contributed by atoms with Crippen molar-refractivity contribution in [3.8, 4) is 0 Å². The van der Waals surface area contributed by atoms with Gasteiger partial charge in [0.25, 0.3) is 0 Å². The van der Waals surface area contributed by atoms with Crippen molar-refractivity contribution in [3.63, 3.8) is 0 Å². The molecule has 5 heteroatoms. The Morgan fingerprint density at radius 1 is 0.871 bits per heavy atom. The zero-order valence-electron chi connectivity index (χ0n) is 17.6. The van der Waals surface area contributed by atoms with E-state index in [0.717, 1.165) is 43.3 Å². The minimum absolute atomic E-state index is 0.205. The molecule has 0 N–H and O–H groups in total. The van der Waals surface area contributed by atoms with Crippen LogP contribution in [0.25, 0.3) is 0 Å². The van der Waals surface area contributed by atoms with Gasteiger partial charge in [-0.1, -0.05) is 84.2 Å². The van der Waals surface area contributed by atoms with Gasteiger partial charge < -0.3 is 4.90 Å². The summed E-state index contributed by atoms with van der Waals surface area (Å²) in [5.41, 5.74) is 3.68. The number of hydrogen-bond donors (Lipinski definition) is 0. The Hall–Kier alpha value is -1.71. The molecule has 3 aromatic rings. The first-order valence-electron chi connectivity index (χ1n) is 10.8. The van der Waals surface area contributed by atoms with Crippen LogP contribution in [0.4, 0.5) is 5.69 Å². The van der Waals surface area contributed by atoms with E-state index < -0.39 is 0 Å². The highest BCUT2D eigenvalue weighted by molar-refractivity contribution is 6.36. The molecule has 1 heterocycles. The van der Waals surface area contributed by atoms with Crippen LogP contribution in [0.1, 0.15) is 36.4 Å². The van der Waals surface area contributed by atoms with Crippen LogP contribution in [0.2, 0.25) is 15.1 Å². The highest BCUT2D eigenvalue weighted by Gasteiger charge is 2.29. The molecule has 31 heavy (non-hydrogen) atoms. The fraction of sp³-hybridized carbons (Fsp3) is 0.308. The standard InChI is InChI=1S/C26H27Cl3N2/c1-19(20-5-3-2-4-6-20)13-14-30-15-16-31(25-12-11-23(28)17-24(25)29)26(18-30)21-7-9-22(27)10-8-21/h2-12,17,19,26H,13-16,18H2,1H3. The van der Waals surface area contributed by atoms with Crippen LogP contribution in [0.3, 0.4) is 0 Å². The quantitative estimate of drug-likeness (QED) is 0.362. The largest absolute Gasteiger partial charge is 0.361 e. The average molecular weight is 474 g/mol. The third-order valence-corrected chi connectivity index (χ3v) is 6.98. The van der Waals surface area contributed by atoms with Crippen molar-refractivity contribution in [1.82, 2.24) is 4.90 Å². The van der Waals surface area contributed by atoms with E-state index in [1.54, 1.807) is 0 Å². The summed E-state index contributed by atoms with van der Waals surface area (Å²) in [4.78, 5) is 4.97. The Kier molecular flexibility index (Phi) is 7.45. The van der Waals surface area contributed by atoms with Crippen molar-refractivity contribution in [2.75, 3.05) is 31.1 Å². The first kappa shape index (κ1) is 22.5. The van der Waals surface area contributed by atoms with Crippen LogP contribution in [0, 0.1) is 0 Å². The highest BCUT2D eigenvalue weighted by atomic mass is 35.5. The van der Waals surface area contributed by atoms with Crippen molar-refractivity contribution in [2.45, 2.75) is 25.3 Å². The SMILES string of the molecule is CC(CCN1CCN(c2ccc(Cl)cc2Cl)C(c2ccc(Cl)cc2)C1)c1ccccc1. The van der Waals surface area contributed by atoms with Gasteiger partial charge in [-0.2, -0.15) is 0 Å². The third kappa shape index (κ3) is 5.56. The summed E-state index contributed by atoms with van der Waals surface area (Å²) in [7, 11) is 0. The molecule has 162 valence electrons. The summed E-state index contributed by atoms with van der Waals surface area (Å²) < 4.78 is 0. The Labute approximate surface area is 200 Å². The van der Waals surface area contributed by atoms with Gasteiger partial charge in [-0.3, -0.25) is 4.90 Å². The predicted octanol–water partition coefficient (Wildman–Crippen LogP) is 7.70. The fourth-order valence-corrected chi connectivity index (χ4v) is 4.98. The first-order valence-corrected chi connectivity index (χ1v) is 11.9. The average Bonchev–Trinajstić information content (AvgIpc) is 2.79. The Morgan fingerprint density at radius 3 is 2.29 bits per heavy atom. The van der Waals surface area contributed by atoms with Crippen LogP contribution in [-0.4, -0.2) is 31.1 Å². The smallest absolute Gasteiger partial charge is 0.0670 e. The van der Waals surface area contributed by atoms with Crippen LogP contribution < -0.4 is 4.90 Å². The highest BCUT2D eigenvalue weighted by Crippen LogP contribution is 2.37. The second-order valence-electron chi connectivity index (χ2n) is 8.26. The number of anilines is 1. The van der Waals surface area contributed by atoms with Crippen LogP contribution >= 0.6 is 34.8 Å². The summed E-state index contributed by atoms with van der Waals surface area (Å²) in [6, 6.07) is 24.9. The summed E-state index contributed by atoms with van der Waals surface area (Å²) in [5.74, 6) is 0.541. The molecule has 0 spiro atoms. The summed E-state index contributed by atoms with van der Waals surface area (Å²) in [5, 5.41) is 2.10. The molecule has 1 fully saturated rings. The molecule has 1 aliphatic rings. The maximum absolute atomic E-state index is 6.59. The van der Waals surface area contributed by atoms with E-state index in [1.807, 2.05) is 30.3 Å². The lowest BCUT2D eigenvalue weighted by Gasteiger charge is -2.43. The lowest BCUT2D eigenvalue weighted by Crippen LogP contribution is -2.49. The number of nitrogens with zero attached hydrogens (tertiary/aromatic N) is 2. The molecule has 0 radical (unpaired) electrons. The Morgan fingerprint density at radius 2 is 1.58 bits per heavy atom.